The van der Waals surface area contributed by atoms with Gasteiger partial charge in [0.05, 0.1) is 0 Å². The number of halogens is 1. The maximum absolute atomic E-state index is 12.5. The molecule has 0 bridgehead atoms. The molecule has 2 fully saturated rings. The first kappa shape index (κ1) is 21.9. The lowest BCUT2D eigenvalue weighted by Crippen LogP contribution is -2.55. The number of piperazine rings is 1. The molecule has 152 valence electrons. The molecule has 2 aliphatic rings. The van der Waals surface area contributed by atoms with Crippen LogP contribution in [-0.2, 0) is 23.1 Å². The highest BCUT2D eigenvalue weighted by atomic mass is 127. The topological polar surface area (TPSA) is 87.9 Å². The van der Waals surface area contributed by atoms with Crippen LogP contribution in [0.3, 0.4) is 0 Å². The van der Waals surface area contributed by atoms with Gasteiger partial charge in [0.15, 0.2) is 11.8 Å². The van der Waals surface area contributed by atoms with Crippen LogP contribution in [0.4, 0.5) is 0 Å². The molecule has 0 aromatic carbocycles. The summed E-state index contributed by atoms with van der Waals surface area (Å²) in [5.74, 6) is 2.71. The van der Waals surface area contributed by atoms with Crippen molar-refractivity contribution in [3.05, 3.63) is 11.6 Å². The minimum atomic E-state index is -0.234. The first-order chi connectivity index (χ1) is 12.6. The molecule has 1 unspecified atom stereocenters. The van der Waals surface area contributed by atoms with Crippen LogP contribution in [0.1, 0.15) is 31.4 Å². The second-order valence-corrected chi connectivity index (χ2v) is 6.71. The Morgan fingerprint density at radius 3 is 2.52 bits per heavy atom. The Morgan fingerprint density at radius 1 is 1.26 bits per heavy atom. The van der Waals surface area contributed by atoms with Gasteiger partial charge in [-0.2, -0.15) is 0 Å². The van der Waals surface area contributed by atoms with Gasteiger partial charge >= 0.3 is 0 Å². The highest BCUT2D eigenvalue weighted by Gasteiger charge is 2.30. The summed E-state index contributed by atoms with van der Waals surface area (Å²) in [7, 11) is 1.95. The third-order valence-corrected chi connectivity index (χ3v) is 4.98. The van der Waals surface area contributed by atoms with Crippen LogP contribution in [0.15, 0.2) is 4.99 Å². The van der Waals surface area contributed by atoms with Crippen molar-refractivity contribution in [3.8, 4) is 0 Å². The van der Waals surface area contributed by atoms with E-state index < -0.39 is 0 Å². The number of aromatic nitrogens is 3. The number of hydrogen-bond donors (Lipinski definition) is 1. The predicted octanol–water partition coefficient (Wildman–Crippen LogP) is 0.530. The van der Waals surface area contributed by atoms with Gasteiger partial charge in [-0.25, -0.2) is 4.99 Å². The summed E-state index contributed by atoms with van der Waals surface area (Å²) in [5.41, 5.74) is 0. The fraction of sp³-hybridized carbons (Fsp3) is 0.765. The summed E-state index contributed by atoms with van der Waals surface area (Å²) in [6.45, 7) is 8.90. The number of ether oxygens (including phenoxy) is 1. The lowest BCUT2D eigenvalue weighted by atomic mass is 10.2. The zero-order valence-electron chi connectivity index (χ0n) is 16.3. The number of nitrogens with one attached hydrogen (secondary N) is 1. The second-order valence-electron chi connectivity index (χ2n) is 6.71. The van der Waals surface area contributed by atoms with E-state index in [1.807, 2.05) is 23.4 Å². The van der Waals surface area contributed by atoms with Crippen molar-refractivity contribution in [2.45, 2.75) is 39.3 Å². The number of amides is 1. The Bertz CT molecular complexity index is 650. The van der Waals surface area contributed by atoms with E-state index in [0.29, 0.717) is 26.2 Å². The van der Waals surface area contributed by atoms with Crippen molar-refractivity contribution < 1.29 is 9.53 Å². The van der Waals surface area contributed by atoms with Crippen LogP contribution in [0, 0.1) is 6.92 Å². The highest BCUT2D eigenvalue weighted by molar-refractivity contribution is 14.0. The molecule has 9 nitrogen and oxygen atoms in total. The Balaban J connectivity index is 0.00000261. The molecule has 0 spiro atoms. The van der Waals surface area contributed by atoms with Crippen LogP contribution in [0.25, 0.3) is 0 Å². The Labute approximate surface area is 177 Å². The number of carbonyl (C=O) groups excluding carboxylic acids is 1. The summed E-state index contributed by atoms with van der Waals surface area (Å²) in [4.78, 5) is 21.3. The molecule has 1 N–H and O–H groups in total. The lowest BCUT2D eigenvalue weighted by molar-refractivity contribution is -0.142. The maximum atomic E-state index is 12.5. The minimum absolute atomic E-state index is 0. The van der Waals surface area contributed by atoms with Gasteiger partial charge in [0, 0.05) is 46.4 Å². The van der Waals surface area contributed by atoms with Crippen LogP contribution >= 0.6 is 24.0 Å². The highest BCUT2D eigenvalue weighted by Crippen LogP contribution is 2.16. The minimum Gasteiger partial charge on any atom is -0.368 e. The first-order valence-electron chi connectivity index (χ1n) is 9.38. The Hall–Kier alpha value is -1.43. The van der Waals surface area contributed by atoms with Gasteiger partial charge in [0.25, 0.3) is 5.91 Å². The van der Waals surface area contributed by atoms with Crippen molar-refractivity contribution in [2.75, 3.05) is 39.3 Å². The van der Waals surface area contributed by atoms with Gasteiger partial charge in [-0.15, -0.1) is 34.2 Å². The molecule has 10 heteroatoms. The van der Waals surface area contributed by atoms with E-state index in [9.17, 15) is 4.79 Å². The van der Waals surface area contributed by atoms with Crippen molar-refractivity contribution in [1.82, 2.24) is 29.9 Å². The summed E-state index contributed by atoms with van der Waals surface area (Å²) in [6.07, 6.45) is 1.60. The normalized spacial score (nSPS) is 20.6. The van der Waals surface area contributed by atoms with E-state index in [4.69, 9.17) is 9.73 Å². The lowest BCUT2D eigenvalue weighted by Gasteiger charge is -2.37. The zero-order chi connectivity index (χ0) is 18.5. The molecule has 3 rings (SSSR count). The van der Waals surface area contributed by atoms with Gasteiger partial charge in [0.2, 0.25) is 0 Å². The van der Waals surface area contributed by atoms with Crippen LogP contribution in [0.5, 0.6) is 0 Å². The van der Waals surface area contributed by atoms with Gasteiger partial charge in [0.1, 0.15) is 18.5 Å². The molecular formula is C17H30IN7O2. The SMILES string of the molecule is CCNC(=NCc1nnc(C)n1C)N1CCN(C(=O)C2CCCO2)CC1.I. The van der Waals surface area contributed by atoms with Crippen LogP contribution < -0.4 is 5.32 Å². The van der Waals surface area contributed by atoms with Gasteiger partial charge in [-0.3, -0.25) is 4.79 Å². The molecule has 1 amide bonds. The Morgan fingerprint density at radius 2 is 1.96 bits per heavy atom. The van der Waals surface area contributed by atoms with Gasteiger partial charge in [-0.05, 0) is 26.7 Å². The summed E-state index contributed by atoms with van der Waals surface area (Å²) in [6, 6.07) is 0. The number of rotatable bonds is 4. The van der Waals surface area contributed by atoms with Gasteiger partial charge in [-0.1, -0.05) is 0 Å². The van der Waals surface area contributed by atoms with E-state index in [1.165, 1.54) is 0 Å². The average molecular weight is 491 g/mol. The molecule has 2 aliphatic heterocycles. The molecular weight excluding hydrogens is 461 g/mol. The number of aryl methyl sites for hydroxylation is 1. The average Bonchev–Trinajstić information content (AvgIpc) is 3.30. The molecule has 0 aliphatic carbocycles. The third-order valence-electron chi connectivity index (χ3n) is 4.98. The summed E-state index contributed by atoms with van der Waals surface area (Å²) < 4.78 is 7.48. The largest absolute Gasteiger partial charge is 0.368 e. The number of hydrogen-bond acceptors (Lipinski definition) is 5. The molecule has 0 saturated carbocycles. The maximum Gasteiger partial charge on any atom is 0.251 e. The van der Waals surface area contributed by atoms with E-state index in [1.54, 1.807) is 0 Å². The first-order valence-corrected chi connectivity index (χ1v) is 9.38. The van der Waals surface area contributed by atoms with E-state index >= 15 is 0 Å². The monoisotopic (exact) mass is 491 g/mol. The third kappa shape index (κ3) is 5.31. The smallest absolute Gasteiger partial charge is 0.251 e. The van der Waals surface area contributed by atoms with E-state index in [-0.39, 0.29) is 36.0 Å². The number of aliphatic imine (C=N–C) groups is 1. The number of carbonyl (C=O) groups is 1. The van der Waals surface area contributed by atoms with Crippen molar-refractivity contribution in [3.63, 3.8) is 0 Å². The molecule has 1 aromatic heterocycles. The molecule has 0 radical (unpaired) electrons. The number of guanidine groups is 1. The van der Waals surface area contributed by atoms with E-state index in [2.05, 4.69) is 27.3 Å². The zero-order valence-corrected chi connectivity index (χ0v) is 18.7. The number of nitrogens with zero attached hydrogens (tertiary/aromatic N) is 6. The fourth-order valence-electron chi connectivity index (χ4n) is 3.27. The fourth-order valence-corrected chi connectivity index (χ4v) is 3.27. The van der Waals surface area contributed by atoms with E-state index in [0.717, 1.165) is 50.1 Å². The van der Waals surface area contributed by atoms with Crippen LogP contribution in [0.2, 0.25) is 0 Å². The second kappa shape index (κ2) is 10.2. The van der Waals surface area contributed by atoms with Crippen molar-refractivity contribution >= 4 is 35.8 Å². The van der Waals surface area contributed by atoms with Crippen LogP contribution in [-0.4, -0.2) is 81.9 Å². The molecule has 1 atom stereocenters. The molecule has 1 aromatic rings. The predicted molar refractivity (Wildman–Crippen MR) is 113 cm³/mol. The quantitative estimate of drug-likeness (QED) is 0.376. The molecule has 2 saturated heterocycles. The summed E-state index contributed by atoms with van der Waals surface area (Å²) >= 11 is 0. The Kier molecular flexibility index (Phi) is 8.27. The van der Waals surface area contributed by atoms with Crippen molar-refractivity contribution in [1.29, 1.82) is 0 Å². The van der Waals surface area contributed by atoms with Crippen molar-refractivity contribution in [2.24, 2.45) is 12.0 Å². The molecule has 27 heavy (non-hydrogen) atoms. The standard InChI is InChI=1S/C17H29N7O2.HI/c1-4-18-17(19-12-15-21-20-13(2)22(15)3)24-9-7-23(8-10-24)16(25)14-6-5-11-26-14;/h14H,4-12H2,1-3H3,(H,18,19);1H. The summed E-state index contributed by atoms with van der Waals surface area (Å²) in [5, 5.41) is 11.6. The van der Waals surface area contributed by atoms with Gasteiger partial charge < -0.3 is 24.4 Å². The molecule has 3 heterocycles.